The zero-order valence-corrected chi connectivity index (χ0v) is 12.8. The Morgan fingerprint density at radius 1 is 1.18 bits per heavy atom. The third-order valence-corrected chi connectivity index (χ3v) is 6.58. The fraction of sp³-hybridized carbons (Fsp3) is 0.929. The van der Waals surface area contributed by atoms with Gasteiger partial charge < -0.3 is 4.74 Å². The van der Waals surface area contributed by atoms with Crippen molar-refractivity contribution >= 4 is 15.9 Å². The summed E-state index contributed by atoms with van der Waals surface area (Å²) in [7, 11) is 0. The molecule has 0 radical (unpaired) electrons. The van der Waals surface area contributed by atoms with Crippen LogP contribution >= 0.6 is 15.9 Å². The summed E-state index contributed by atoms with van der Waals surface area (Å²) in [4.78, 5) is 0.558. The molecule has 2 nitrogen and oxygen atoms in total. The summed E-state index contributed by atoms with van der Waals surface area (Å²) in [6.07, 6.45) is 4.12. The summed E-state index contributed by atoms with van der Waals surface area (Å²) in [5.41, 5.74) is -0.471. The highest BCUT2D eigenvalue weighted by Crippen LogP contribution is 2.56. The Kier molecular flexibility index (Phi) is 3.12. The van der Waals surface area contributed by atoms with Gasteiger partial charge in [-0.2, -0.15) is 5.26 Å². The van der Waals surface area contributed by atoms with Crippen molar-refractivity contribution in [3.63, 3.8) is 0 Å². The summed E-state index contributed by atoms with van der Waals surface area (Å²) in [5.74, 6) is 0.537. The van der Waals surface area contributed by atoms with Crippen molar-refractivity contribution in [1.82, 2.24) is 0 Å². The average molecular weight is 300 g/mol. The van der Waals surface area contributed by atoms with E-state index in [1.807, 2.05) is 6.92 Å². The molecule has 0 aromatic carbocycles. The van der Waals surface area contributed by atoms with E-state index in [0.717, 1.165) is 25.7 Å². The smallest absolute Gasteiger partial charge is 0.152 e. The van der Waals surface area contributed by atoms with Crippen LogP contribution in [0.1, 0.15) is 53.4 Å². The molecule has 1 saturated heterocycles. The molecule has 0 N–H and O–H groups in total. The molecule has 0 aromatic rings. The Balaban J connectivity index is 2.30. The number of hydrogen-bond acceptors (Lipinski definition) is 2. The zero-order chi connectivity index (χ0) is 12.9. The Morgan fingerprint density at radius 2 is 1.82 bits per heavy atom. The standard InChI is InChI=1S/C14H22BrNO/c1-12(2)10-5-7-13(3,9-16)17-14(10,4)8-6-11(12)15/h10-11H,5-8H2,1-4H3/t10-,11+,13-,14-/m0/s1. The van der Waals surface area contributed by atoms with E-state index in [9.17, 15) is 5.26 Å². The molecule has 1 aliphatic heterocycles. The van der Waals surface area contributed by atoms with Crippen LogP contribution in [0, 0.1) is 22.7 Å². The van der Waals surface area contributed by atoms with Gasteiger partial charge in [0.2, 0.25) is 0 Å². The minimum atomic E-state index is -0.583. The lowest BCUT2D eigenvalue weighted by molar-refractivity contribution is -0.216. The maximum atomic E-state index is 9.25. The third kappa shape index (κ3) is 2.04. The van der Waals surface area contributed by atoms with Crippen molar-refractivity contribution < 1.29 is 4.74 Å². The number of rotatable bonds is 0. The Morgan fingerprint density at radius 3 is 2.41 bits per heavy atom. The highest BCUT2D eigenvalue weighted by Gasteiger charge is 2.56. The van der Waals surface area contributed by atoms with Crippen LogP contribution in [0.4, 0.5) is 0 Å². The molecule has 0 bridgehead atoms. The van der Waals surface area contributed by atoms with Gasteiger partial charge in [0.25, 0.3) is 0 Å². The van der Waals surface area contributed by atoms with Gasteiger partial charge in [0.05, 0.1) is 11.7 Å². The monoisotopic (exact) mass is 299 g/mol. The Labute approximate surface area is 113 Å². The molecule has 0 aromatic heterocycles. The maximum absolute atomic E-state index is 9.25. The van der Waals surface area contributed by atoms with Gasteiger partial charge in [-0.3, -0.25) is 0 Å². The van der Waals surface area contributed by atoms with Crippen LogP contribution in [-0.4, -0.2) is 16.0 Å². The lowest BCUT2D eigenvalue weighted by atomic mass is 9.58. The first-order chi connectivity index (χ1) is 7.73. The van der Waals surface area contributed by atoms with Crippen LogP contribution in [0.15, 0.2) is 0 Å². The number of nitrogens with zero attached hydrogens (tertiary/aromatic N) is 1. The topological polar surface area (TPSA) is 33.0 Å². The first-order valence-corrected chi connectivity index (χ1v) is 7.41. The van der Waals surface area contributed by atoms with Crippen LogP contribution < -0.4 is 0 Å². The molecule has 0 amide bonds. The molecule has 0 unspecified atom stereocenters. The molecule has 96 valence electrons. The van der Waals surface area contributed by atoms with Crippen LogP contribution in [-0.2, 0) is 4.74 Å². The lowest BCUT2D eigenvalue weighted by Gasteiger charge is -2.57. The van der Waals surface area contributed by atoms with Crippen molar-refractivity contribution in [3.8, 4) is 6.07 Å². The number of alkyl halides is 1. The molecule has 2 fully saturated rings. The van der Waals surface area contributed by atoms with Crippen molar-refractivity contribution in [1.29, 1.82) is 5.26 Å². The fourth-order valence-corrected chi connectivity index (χ4v) is 4.38. The summed E-state index contributed by atoms with van der Waals surface area (Å²) in [6.45, 7) is 8.79. The first kappa shape index (κ1) is 13.4. The molecular formula is C14H22BrNO. The van der Waals surface area contributed by atoms with Crippen molar-refractivity contribution in [3.05, 3.63) is 0 Å². The maximum Gasteiger partial charge on any atom is 0.152 e. The molecular weight excluding hydrogens is 278 g/mol. The first-order valence-electron chi connectivity index (χ1n) is 6.49. The molecule has 4 atom stereocenters. The SMILES string of the molecule is CC1(C)[C@H](Br)CC[C@]2(C)O[C@](C)(C#N)CC[C@@H]12. The van der Waals surface area contributed by atoms with E-state index in [1.54, 1.807) is 0 Å². The Hall–Kier alpha value is -0.0700. The van der Waals surface area contributed by atoms with Crippen molar-refractivity contribution in [2.75, 3.05) is 0 Å². The quantitative estimate of drug-likeness (QED) is 0.633. The minimum Gasteiger partial charge on any atom is -0.354 e. The van der Waals surface area contributed by atoms with Crippen LogP contribution in [0.2, 0.25) is 0 Å². The van der Waals surface area contributed by atoms with Gasteiger partial charge >= 0.3 is 0 Å². The molecule has 2 aliphatic rings. The van der Waals surface area contributed by atoms with Crippen molar-refractivity contribution in [2.45, 2.75) is 69.4 Å². The van der Waals surface area contributed by atoms with Gasteiger partial charge in [0.15, 0.2) is 5.60 Å². The molecule has 3 heteroatoms. The lowest BCUT2D eigenvalue weighted by Crippen LogP contribution is -2.59. The van der Waals surface area contributed by atoms with E-state index in [2.05, 4.69) is 42.8 Å². The summed E-state index contributed by atoms with van der Waals surface area (Å²) in [5, 5.41) is 9.25. The molecule has 1 aliphatic carbocycles. The highest BCUT2D eigenvalue weighted by molar-refractivity contribution is 9.09. The second kappa shape index (κ2) is 3.96. The minimum absolute atomic E-state index is 0.128. The van der Waals surface area contributed by atoms with Crippen molar-refractivity contribution in [2.24, 2.45) is 11.3 Å². The summed E-state index contributed by atoms with van der Waals surface area (Å²) >= 11 is 3.82. The predicted octanol–water partition coefficient (Wildman–Crippen LogP) is 4.04. The Bertz CT molecular complexity index is 362. The fourth-order valence-electron chi connectivity index (χ4n) is 3.83. The number of halogens is 1. The van der Waals surface area contributed by atoms with Crippen LogP contribution in [0.25, 0.3) is 0 Å². The average Bonchev–Trinajstić information content (AvgIpc) is 2.24. The number of nitriles is 1. The molecule has 0 spiro atoms. The van der Waals surface area contributed by atoms with E-state index in [1.165, 1.54) is 0 Å². The second-order valence-corrected chi connectivity index (χ2v) is 7.78. The third-order valence-electron chi connectivity index (χ3n) is 4.94. The van der Waals surface area contributed by atoms with Gasteiger partial charge in [-0.25, -0.2) is 0 Å². The summed E-state index contributed by atoms with van der Waals surface area (Å²) < 4.78 is 6.22. The largest absolute Gasteiger partial charge is 0.354 e. The number of hydrogen-bond donors (Lipinski definition) is 0. The molecule has 1 heterocycles. The molecule has 17 heavy (non-hydrogen) atoms. The normalized spacial score (nSPS) is 49.2. The van der Waals surface area contributed by atoms with Gasteiger partial charge in [-0.05, 0) is 50.9 Å². The highest BCUT2D eigenvalue weighted by atomic mass is 79.9. The van der Waals surface area contributed by atoms with E-state index in [0.29, 0.717) is 10.7 Å². The van der Waals surface area contributed by atoms with E-state index in [4.69, 9.17) is 4.74 Å². The van der Waals surface area contributed by atoms with Gasteiger partial charge in [-0.15, -0.1) is 0 Å². The van der Waals surface area contributed by atoms with Crippen LogP contribution in [0.5, 0.6) is 0 Å². The molecule has 2 rings (SSSR count). The van der Waals surface area contributed by atoms with Gasteiger partial charge in [0, 0.05) is 4.83 Å². The van der Waals surface area contributed by atoms with Crippen LogP contribution in [0.3, 0.4) is 0 Å². The predicted molar refractivity (Wildman–Crippen MR) is 72.0 cm³/mol. The molecule has 1 saturated carbocycles. The van der Waals surface area contributed by atoms with E-state index < -0.39 is 5.60 Å². The van der Waals surface area contributed by atoms with E-state index in [-0.39, 0.29) is 11.0 Å². The van der Waals surface area contributed by atoms with Gasteiger partial charge in [-0.1, -0.05) is 29.8 Å². The summed E-state index contributed by atoms with van der Waals surface area (Å²) in [6, 6.07) is 2.34. The number of ether oxygens (including phenoxy) is 1. The number of fused-ring (bicyclic) bond motifs is 1. The van der Waals surface area contributed by atoms with E-state index >= 15 is 0 Å². The zero-order valence-electron chi connectivity index (χ0n) is 11.2. The van der Waals surface area contributed by atoms with Gasteiger partial charge in [0.1, 0.15) is 0 Å². The second-order valence-electron chi connectivity index (χ2n) is 6.68.